The van der Waals surface area contributed by atoms with E-state index in [9.17, 15) is 14.7 Å². The van der Waals surface area contributed by atoms with Crippen LogP contribution in [0.25, 0.3) is 0 Å². The zero-order valence-electron chi connectivity index (χ0n) is 12.1. The van der Waals surface area contributed by atoms with Crippen LogP contribution in [0.5, 0.6) is 0 Å². The highest BCUT2D eigenvalue weighted by Crippen LogP contribution is 2.12. The number of carboxylic acids is 1. The van der Waals surface area contributed by atoms with Gasteiger partial charge in [0.15, 0.2) is 0 Å². The van der Waals surface area contributed by atoms with E-state index in [1.54, 1.807) is 23.1 Å². The van der Waals surface area contributed by atoms with Gasteiger partial charge < -0.3 is 15.7 Å². The van der Waals surface area contributed by atoms with Crippen molar-refractivity contribution in [3.8, 4) is 0 Å². The largest absolute Gasteiger partial charge is 0.480 e. The van der Waals surface area contributed by atoms with Crippen LogP contribution >= 0.6 is 0 Å². The van der Waals surface area contributed by atoms with Crippen LogP contribution in [0.1, 0.15) is 33.6 Å². The van der Waals surface area contributed by atoms with Gasteiger partial charge in [-0.3, -0.25) is 4.68 Å². The number of aromatic nitrogens is 2. The highest BCUT2D eigenvalue weighted by molar-refractivity contribution is 5.85. The van der Waals surface area contributed by atoms with Crippen molar-refractivity contribution in [3.63, 3.8) is 0 Å². The van der Waals surface area contributed by atoms with Crippen LogP contribution in [0.3, 0.4) is 0 Å². The third-order valence-corrected chi connectivity index (χ3v) is 3.01. The molecule has 0 aliphatic carbocycles. The molecule has 2 atom stereocenters. The molecule has 20 heavy (non-hydrogen) atoms. The second kappa shape index (κ2) is 6.93. The van der Waals surface area contributed by atoms with Gasteiger partial charge >= 0.3 is 12.0 Å². The molecule has 1 rings (SSSR count). The van der Waals surface area contributed by atoms with E-state index in [1.807, 2.05) is 13.8 Å². The summed E-state index contributed by atoms with van der Waals surface area (Å²) in [5.74, 6) is -1.03. The number of aliphatic carboxylic acids is 1. The van der Waals surface area contributed by atoms with Gasteiger partial charge in [-0.1, -0.05) is 13.3 Å². The van der Waals surface area contributed by atoms with Gasteiger partial charge in [-0.25, -0.2) is 9.59 Å². The minimum atomic E-state index is -1.25. The van der Waals surface area contributed by atoms with Crippen LogP contribution < -0.4 is 10.6 Å². The highest BCUT2D eigenvalue weighted by Gasteiger charge is 2.33. The van der Waals surface area contributed by atoms with Crippen molar-refractivity contribution >= 4 is 12.0 Å². The molecule has 0 aliphatic rings. The first-order valence-electron chi connectivity index (χ1n) is 6.67. The molecule has 2 unspecified atom stereocenters. The van der Waals surface area contributed by atoms with Gasteiger partial charge in [0.25, 0.3) is 0 Å². The summed E-state index contributed by atoms with van der Waals surface area (Å²) in [4.78, 5) is 23.1. The number of nitrogens with one attached hydrogen (secondary N) is 2. The number of carbonyl (C=O) groups is 2. The molecular weight excluding hydrogens is 260 g/mol. The van der Waals surface area contributed by atoms with E-state index in [1.165, 1.54) is 6.92 Å². The molecule has 0 spiro atoms. The topological polar surface area (TPSA) is 96.3 Å². The lowest BCUT2D eigenvalue weighted by Gasteiger charge is -2.27. The first-order valence-corrected chi connectivity index (χ1v) is 6.67. The van der Waals surface area contributed by atoms with Crippen molar-refractivity contribution in [2.24, 2.45) is 0 Å². The minimum Gasteiger partial charge on any atom is -0.480 e. The minimum absolute atomic E-state index is 0.158. The Labute approximate surface area is 118 Å². The molecule has 7 heteroatoms. The number of carbonyl (C=O) groups excluding carboxylic acids is 1. The van der Waals surface area contributed by atoms with Crippen molar-refractivity contribution < 1.29 is 14.7 Å². The molecule has 0 radical (unpaired) electrons. The van der Waals surface area contributed by atoms with E-state index in [0.717, 1.165) is 0 Å². The Morgan fingerprint density at radius 1 is 1.50 bits per heavy atom. The highest BCUT2D eigenvalue weighted by atomic mass is 16.4. The molecule has 1 heterocycles. The molecule has 0 bridgehead atoms. The normalized spacial score (nSPS) is 15.2. The number of carboxylic acid groups (broad SMARTS) is 1. The predicted octanol–water partition coefficient (Wildman–Crippen LogP) is 1.21. The maximum Gasteiger partial charge on any atom is 0.329 e. The maximum atomic E-state index is 11.9. The molecule has 1 aromatic rings. The summed E-state index contributed by atoms with van der Waals surface area (Å²) in [7, 11) is 0. The number of rotatable bonds is 7. The zero-order valence-corrected chi connectivity index (χ0v) is 12.1. The third kappa shape index (κ3) is 4.56. The number of hydrogen-bond donors (Lipinski definition) is 3. The molecule has 0 fully saturated rings. The Morgan fingerprint density at radius 2 is 2.20 bits per heavy atom. The van der Waals surface area contributed by atoms with E-state index in [4.69, 9.17) is 0 Å². The van der Waals surface area contributed by atoms with Crippen molar-refractivity contribution in [1.29, 1.82) is 0 Å². The molecule has 0 aliphatic heterocycles. The molecule has 112 valence electrons. The van der Waals surface area contributed by atoms with Crippen LogP contribution in [-0.4, -0.2) is 38.5 Å². The van der Waals surface area contributed by atoms with Gasteiger partial charge in [0.05, 0.1) is 6.54 Å². The number of amides is 2. The SMILES string of the molecule is CCCC(C)(NC(=O)NC(C)Cn1cccn1)C(=O)O. The van der Waals surface area contributed by atoms with E-state index >= 15 is 0 Å². The Morgan fingerprint density at radius 3 is 2.70 bits per heavy atom. The van der Waals surface area contributed by atoms with Gasteiger partial charge in [-0.05, 0) is 26.3 Å². The molecule has 0 saturated carbocycles. The monoisotopic (exact) mass is 282 g/mol. The summed E-state index contributed by atoms with van der Waals surface area (Å²) in [6.45, 7) is 5.74. The van der Waals surface area contributed by atoms with E-state index in [0.29, 0.717) is 19.4 Å². The first kappa shape index (κ1) is 16.0. The van der Waals surface area contributed by atoms with Crippen LogP contribution in [0.4, 0.5) is 4.79 Å². The summed E-state index contributed by atoms with van der Waals surface area (Å²) in [6, 6.07) is 1.16. The fourth-order valence-corrected chi connectivity index (χ4v) is 1.97. The van der Waals surface area contributed by atoms with Crippen LogP contribution in [0, 0.1) is 0 Å². The lowest BCUT2D eigenvalue weighted by molar-refractivity contribution is -0.144. The average molecular weight is 282 g/mol. The molecule has 0 saturated heterocycles. The molecule has 7 nitrogen and oxygen atoms in total. The second-order valence-electron chi connectivity index (χ2n) is 5.11. The van der Waals surface area contributed by atoms with Crippen LogP contribution in [0.15, 0.2) is 18.5 Å². The Balaban J connectivity index is 2.51. The van der Waals surface area contributed by atoms with Crippen LogP contribution in [0.2, 0.25) is 0 Å². The van der Waals surface area contributed by atoms with Crippen molar-refractivity contribution in [3.05, 3.63) is 18.5 Å². The van der Waals surface area contributed by atoms with E-state index in [2.05, 4.69) is 15.7 Å². The average Bonchev–Trinajstić information content (AvgIpc) is 2.80. The Kier molecular flexibility index (Phi) is 5.54. The Hall–Kier alpha value is -2.05. The fourth-order valence-electron chi connectivity index (χ4n) is 1.97. The van der Waals surface area contributed by atoms with Gasteiger partial charge in [0.2, 0.25) is 0 Å². The van der Waals surface area contributed by atoms with Crippen molar-refractivity contribution in [2.75, 3.05) is 0 Å². The van der Waals surface area contributed by atoms with E-state index < -0.39 is 17.5 Å². The number of nitrogens with zero attached hydrogens (tertiary/aromatic N) is 2. The zero-order chi connectivity index (χ0) is 15.2. The quantitative estimate of drug-likeness (QED) is 0.700. The lowest BCUT2D eigenvalue weighted by atomic mass is 9.97. The van der Waals surface area contributed by atoms with Gasteiger partial charge in [0.1, 0.15) is 5.54 Å². The summed E-state index contributed by atoms with van der Waals surface area (Å²) >= 11 is 0. The Bertz CT molecular complexity index is 446. The third-order valence-electron chi connectivity index (χ3n) is 3.01. The molecule has 1 aromatic heterocycles. The second-order valence-corrected chi connectivity index (χ2v) is 5.11. The lowest BCUT2D eigenvalue weighted by Crippen LogP contribution is -2.56. The van der Waals surface area contributed by atoms with E-state index in [-0.39, 0.29) is 6.04 Å². The van der Waals surface area contributed by atoms with Gasteiger partial charge in [0, 0.05) is 18.4 Å². The molecule has 3 N–H and O–H groups in total. The molecule has 0 aromatic carbocycles. The van der Waals surface area contributed by atoms with Crippen molar-refractivity contribution in [2.45, 2.75) is 51.7 Å². The number of urea groups is 1. The summed E-state index contributed by atoms with van der Waals surface area (Å²) in [5.41, 5.74) is -1.25. The fraction of sp³-hybridized carbons (Fsp3) is 0.615. The molecule has 2 amide bonds. The van der Waals surface area contributed by atoms with Crippen molar-refractivity contribution in [1.82, 2.24) is 20.4 Å². The van der Waals surface area contributed by atoms with Crippen LogP contribution in [-0.2, 0) is 11.3 Å². The van der Waals surface area contributed by atoms with Gasteiger partial charge in [-0.2, -0.15) is 5.10 Å². The number of hydrogen-bond acceptors (Lipinski definition) is 3. The predicted molar refractivity (Wildman–Crippen MR) is 74.3 cm³/mol. The smallest absolute Gasteiger partial charge is 0.329 e. The first-order chi connectivity index (χ1) is 9.37. The van der Waals surface area contributed by atoms with Gasteiger partial charge in [-0.15, -0.1) is 0 Å². The molecular formula is C13H22N4O3. The summed E-state index contributed by atoms with van der Waals surface area (Å²) in [5, 5.41) is 18.5. The summed E-state index contributed by atoms with van der Waals surface area (Å²) < 4.78 is 1.70. The maximum absolute atomic E-state index is 11.9. The standard InChI is InChI=1S/C13H22N4O3/c1-4-6-13(3,11(18)19)16-12(20)15-10(2)9-17-8-5-7-14-17/h5,7-8,10H,4,6,9H2,1-3H3,(H,18,19)(H2,15,16,20). The summed E-state index contributed by atoms with van der Waals surface area (Å²) in [6.07, 6.45) is 4.51.